The third-order valence-corrected chi connectivity index (χ3v) is 4.83. The monoisotopic (exact) mass is 353 g/mol. The van der Waals surface area contributed by atoms with Crippen LogP contribution in [0.1, 0.15) is 22.8 Å². The van der Waals surface area contributed by atoms with E-state index in [4.69, 9.17) is 18.0 Å². The molecule has 0 bridgehead atoms. The highest BCUT2D eigenvalue weighted by molar-refractivity contribution is 6.30. The predicted molar refractivity (Wildman–Crippen MR) is 96.5 cm³/mol. The van der Waals surface area contributed by atoms with Gasteiger partial charge < -0.3 is 5.11 Å². The van der Waals surface area contributed by atoms with Crippen LogP contribution in [0.3, 0.4) is 0 Å². The van der Waals surface area contributed by atoms with Crippen molar-refractivity contribution in [2.75, 3.05) is 11.4 Å². The second kappa shape index (κ2) is 6.36. The van der Waals surface area contributed by atoms with Gasteiger partial charge in [0.05, 0.1) is 18.2 Å². The molecule has 0 spiro atoms. The normalized spacial score (nSPS) is 20.1. The van der Waals surface area contributed by atoms with Crippen molar-refractivity contribution < 1.29 is 14.7 Å². The van der Waals surface area contributed by atoms with Crippen LogP contribution >= 0.6 is 11.6 Å². The van der Waals surface area contributed by atoms with E-state index in [2.05, 4.69) is 5.92 Å². The summed E-state index contributed by atoms with van der Waals surface area (Å²) in [6.45, 7) is 1.57. The van der Waals surface area contributed by atoms with Gasteiger partial charge in [0.15, 0.2) is 11.4 Å². The van der Waals surface area contributed by atoms with Crippen LogP contribution in [0.15, 0.2) is 48.5 Å². The van der Waals surface area contributed by atoms with Crippen LogP contribution in [0.2, 0.25) is 5.02 Å². The molecule has 126 valence electrons. The van der Waals surface area contributed by atoms with Crippen molar-refractivity contribution in [3.8, 4) is 12.3 Å². The quantitative estimate of drug-likeness (QED) is 0.679. The topological polar surface area (TPSA) is 57.6 Å². The number of hydrogen-bond donors (Lipinski definition) is 1. The number of aliphatic hydroxyl groups is 1. The first-order valence-electron chi connectivity index (χ1n) is 7.78. The zero-order valence-electron chi connectivity index (χ0n) is 13.6. The van der Waals surface area contributed by atoms with E-state index >= 15 is 0 Å². The molecule has 0 unspecified atom stereocenters. The molecule has 0 saturated heterocycles. The molecule has 1 N–H and O–H groups in total. The molecule has 1 heterocycles. The summed E-state index contributed by atoms with van der Waals surface area (Å²) in [6.07, 6.45) is 5.35. The lowest BCUT2D eigenvalue weighted by molar-refractivity contribution is -0.139. The standard InChI is InChI=1S/C20H16ClNO3/c1-3-12-22-17-7-5-4-6-16(17)20(25,19(22)24)13(2)18(23)14-8-10-15(21)11-9-14/h1,4-11,13,25H,12H2,2H3/t13-,20+/m1/s1. The summed E-state index contributed by atoms with van der Waals surface area (Å²) >= 11 is 5.85. The highest BCUT2D eigenvalue weighted by Gasteiger charge is 2.55. The summed E-state index contributed by atoms with van der Waals surface area (Å²) in [4.78, 5) is 27.1. The molecular weight excluding hydrogens is 338 g/mol. The molecule has 1 aliphatic rings. The van der Waals surface area contributed by atoms with Gasteiger partial charge in [-0.1, -0.05) is 42.6 Å². The maximum Gasteiger partial charge on any atom is 0.265 e. The maximum atomic E-state index is 12.9. The van der Waals surface area contributed by atoms with Gasteiger partial charge in [0.25, 0.3) is 5.91 Å². The molecule has 4 nitrogen and oxygen atoms in total. The highest BCUT2D eigenvalue weighted by Crippen LogP contribution is 2.45. The summed E-state index contributed by atoms with van der Waals surface area (Å²) < 4.78 is 0. The number of amides is 1. The van der Waals surface area contributed by atoms with E-state index in [1.54, 1.807) is 55.5 Å². The van der Waals surface area contributed by atoms with Gasteiger partial charge in [-0.05, 0) is 30.3 Å². The van der Waals surface area contributed by atoms with E-state index in [9.17, 15) is 14.7 Å². The van der Waals surface area contributed by atoms with Gasteiger partial charge >= 0.3 is 0 Å². The lowest BCUT2D eigenvalue weighted by Crippen LogP contribution is -2.47. The number of carbonyl (C=O) groups excluding carboxylic acids is 2. The molecule has 1 amide bonds. The molecule has 0 aliphatic carbocycles. The van der Waals surface area contributed by atoms with Crippen LogP contribution in [0.25, 0.3) is 0 Å². The van der Waals surface area contributed by atoms with Gasteiger partial charge in [-0.2, -0.15) is 0 Å². The third-order valence-electron chi connectivity index (χ3n) is 4.57. The van der Waals surface area contributed by atoms with Crippen molar-refractivity contribution in [1.82, 2.24) is 0 Å². The van der Waals surface area contributed by atoms with E-state index in [1.807, 2.05) is 0 Å². The molecule has 0 aromatic heterocycles. The van der Waals surface area contributed by atoms with Gasteiger partial charge in [0, 0.05) is 16.1 Å². The number of nitrogens with zero attached hydrogens (tertiary/aromatic N) is 1. The minimum absolute atomic E-state index is 0.0278. The van der Waals surface area contributed by atoms with Crippen molar-refractivity contribution in [3.63, 3.8) is 0 Å². The second-order valence-electron chi connectivity index (χ2n) is 5.97. The third kappa shape index (κ3) is 2.62. The number of halogens is 1. The minimum Gasteiger partial charge on any atom is -0.375 e. The first kappa shape index (κ1) is 17.2. The lowest BCUT2D eigenvalue weighted by Gasteiger charge is -2.28. The van der Waals surface area contributed by atoms with Crippen LogP contribution in [-0.4, -0.2) is 23.3 Å². The molecule has 1 aliphatic heterocycles. The van der Waals surface area contributed by atoms with E-state index in [0.717, 1.165) is 0 Å². The predicted octanol–water partition coefficient (Wildman–Crippen LogP) is 3.03. The summed E-state index contributed by atoms with van der Waals surface area (Å²) in [5.41, 5.74) is -0.649. The maximum absolute atomic E-state index is 12.9. The Labute approximate surface area is 151 Å². The van der Waals surface area contributed by atoms with Gasteiger partial charge in [-0.25, -0.2) is 0 Å². The average Bonchev–Trinajstić information content (AvgIpc) is 2.84. The summed E-state index contributed by atoms with van der Waals surface area (Å²) in [6, 6.07) is 13.2. The van der Waals surface area contributed by atoms with Crippen LogP contribution in [0.5, 0.6) is 0 Å². The first-order chi connectivity index (χ1) is 11.9. The van der Waals surface area contributed by atoms with E-state index in [-0.39, 0.29) is 12.3 Å². The van der Waals surface area contributed by atoms with Crippen molar-refractivity contribution in [1.29, 1.82) is 0 Å². The summed E-state index contributed by atoms with van der Waals surface area (Å²) in [5.74, 6) is 0.513. The number of terminal acetylenes is 1. The largest absolute Gasteiger partial charge is 0.375 e. The fraction of sp³-hybridized carbons (Fsp3) is 0.200. The molecule has 0 radical (unpaired) electrons. The van der Waals surface area contributed by atoms with Crippen molar-refractivity contribution in [2.45, 2.75) is 12.5 Å². The first-order valence-corrected chi connectivity index (χ1v) is 8.16. The van der Waals surface area contributed by atoms with E-state index < -0.39 is 17.4 Å². The zero-order valence-corrected chi connectivity index (χ0v) is 14.3. The number of fused-ring (bicyclic) bond motifs is 1. The Balaban J connectivity index is 2.05. The summed E-state index contributed by atoms with van der Waals surface area (Å²) in [5, 5.41) is 11.8. The Morgan fingerprint density at radius 1 is 1.28 bits per heavy atom. The fourth-order valence-corrected chi connectivity index (χ4v) is 3.31. The number of Topliss-reactive ketones (excluding diaryl/α,β-unsaturated/α-hetero) is 1. The Kier molecular flexibility index (Phi) is 4.38. The number of anilines is 1. The van der Waals surface area contributed by atoms with Crippen molar-refractivity contribution in [2.24, 2.45) is 5.92 Å². The number of carbonyl (C=O) groups is 2. The molecule has 2 atom stereocenters. The number of benzene rings is 2. The van der Waals surface area contributed by atoms with Crippen LogP contribution < -0.4 is 4.90 Å². The van der Waals surface area contributed by atoms with Crippen LogP contribution in [0.4, 0.5) is 5.69 Å². The van der Waals surface area contributed by atoms with Crippen LogP contribution in [-0.2, 0) is 10.4 Å². The molecule has 5 heteroatoms. The summed E-state index contributed by atoms with van der Waals surface area (Å²) in [7, 11) is 0. The fourth-order valence-electron chi connectivity index (χ4n) is 3.18. The molecule has 0 saturated carbocycles. The highest BCUT2D eigenvalue weighted by atomic mass is 35.5. The smallest absolute Gasteiger partial charge is 0.265 e. The Hall–Kier alpha value is -2.61. The van der Waals surface area contributed by atoms with Gasteiger partial charge in [-0.3, -0.25) is 14.5 Å². The number of hydrogen-bond acceptors (Lipinski definition) is 3. The van der Waals surface area contributed by atoms with Gasteiger partial charge in [0.2, 0.25) is 0 Å². The SMILES string of the molecule is C#CCN1C(=O)[C@](O)([C@H](C)C(=O)c2ccc(Cl)cc2)c2ccccc21. The molecule has 25 heavy (non-hydrogen) atoms. The Morgan fingerprint density at radius 3 is 2.56 bits per heavy atom. The van der Waals surface area contributed by atoms with Gasteiger partial charge in [-0.15, -0.1) is 6.42 Å². The average molecular weight is 354 g/mol. The molecule has 3 rings (SSSR count). The number of rotatable bonds is 4. The number of ketones is 1. The molecule has 0 fully saturated rings. The Bertz CT molecular complexity index is 885. The van der Waals surface area contributed by atoms with Crippen molar-refractivity contribution >= 4 is 29.0 Å². The van der Waals surface area contributed by atoms with E-state index in [0.29, 0.717) is 21.8 Å². The zero-order chi connectivity index (χ0) is 18.2. The molecule has 2 aromatic carbocycles. The molecule has 2 aromatic rings. The minimum atomic E-state index is -1.95. The molecular formula is C20H16ClNO3. The van der Waals surface area contributed by atoms with Crippen LogP contribution in [0, 0.1) is 18.3 Å². The van der Waals surface area contributed by atoms with Crippen molar-refractivity contribution in [3.05, 3.63) is 64.7 Å². The second-order valence-corrected chi connectivity index (χ2v) is 6.41. The Morgan fingerprint density at radius 2 is 1.92 bits per heavy atom. The lowest BCUT2D eigenvalue weighted by atomic mass is 9.79. The number of para-hydroxylation sites is 1. The van der Waals surface area contributed by atoms with Gasteiger partial charge in [0.1, 0.15) is 0 Å². The van der Waals surface area contributed by atoms with E-state index in [1.165, 1.54) is 4.90 Å².